The second-order valence-electron chi connectivity index (χ2n) is 5.81. The predicted molar refractivity (Wildman–Crippen MR) is 66.3 cm³/mol. The summed E-state index contributed by atoms with van der Waals surface area (Å²) in [7, 11) is 0. The molecule has 0 unspecified atom stereocenters. The summed E-state index contributed by atoms with van der Waals surface area (Å²) in [5, 5.41) is 0. The lowest BCUT2D eigenvalue weighted by molar-refractivity contribution is -0.135. The number of carbonyl (C=O) groups is 1. The Labute approximate surface area is 103 Å². The number of allylic oxidation sites excluding steroid dienone is 2. The predicted octanol–water partition coefficient (Wildman–Crippen LogP) is 3.10. The average Bonchev–Trinajstić information content (AvgIpc) is 2.80. The van der Waals surface area contributed by atoms with Crippen LogP contribution in [0, 0.1) is 23.7 Å². The number of rotatable bonds is 1. The molecular formula is C15H20O2. The number of fused-ring (bicyclic) bond motifs is 3. The average molecular weight is 232 g/mol. The third-order valence-electron chi connectivity index (χ3n) is 4.89. The molecule has 2 heteroatoms. The summed E-state index contributed by atoms with van der Waals surface area (Å²) in [4.78, 5) is 11.7. The lowest BCUT2D eigenvalue weighted by Gasteiger charge is -2.28. The third kappa shape index (κ3) is 1.65. The van der Waals surface area contributed by atoms with E-state index in [4.69, 9.17) is 4.74 Å². The summed E-state index contributed by atoms with van der Waals surface area (Å²) in [5.74, 6) is 2.25. The largest absolute Gasteiger partial charge is 0.462 e. The monoisotopic (exact) mass is 232 g/mol. The smallest absolute Gasteiger partial charge is 0.334 e. The SMILES string of the molecule is C=C(C)[C@@H]1CC[C@@H]2CCC=C3C(=O)OC[C@@H]3[C@H]21. The topological polar surface area (TPSA) is 26.3 Å². The highest BCUT2D eigenvalue weighted by Gasteiger charge is 2.47. The van der Waals surface area contributed by atoms with E-state index in [1.54, 1.807) is 0 Å². The van der Waals surface area contributed by atoms with Crippen LogP contribution < -0.4 is 0 Å². The molecule has 0 aromatic heterocycles. The summed E-state index contributed by atoms with van der Waals surface area (Å²) in [6.07, 6.45) is 6.97. The van der Waals surface area contributed by atoms with Crippen molar-refractivity contribution in [3.05, 3.63) is 23.8 Å². The molecule has 3 aliphatic rings. The lowest BCUT2D eigenvalue weighted by atomic mass is 9.75. The van der Waals surface area contributed by atoms with Crippen molar-refractivity contribution in [2.45, 2.75) is 32.6 Å². The molecule has 2 nitrogen and oxygen atoms in total. The maximum absolute atomic E-state index is 11.7. The van der Waals surface area contributed by atoms with E-state index in [0.717, 1.165) is 17.9 Å². The second kappa shape index (κ2) is 4.01. The van der Waals surface area contributed by atoms with Gasteiger partial charge in [0.1, 0.15) is 0 Å². The molecule has 2 aliphatic carbocycles. The van der Waals surface area contributed by atoms with Crippen LogP contribution in [0.3, 0.4) is 0 Å². The molecule has 2 fully saturated rings. The van der Waals surface area contributed by atoms with E-state index in [-0.39, 0.29) is 5.97 Å². The van der Waals surface area contributed by atoms with Crippen molar-refractivity contribution in [1.29, 1.82) is 0 Å². The fourth-order valence-corrected chi connectivity index (χ4v) is 4.12. The fraction of sp³-hybridized carbons (Fsp3) is 0.667. The second-order valence-corrected chi connectivity index (χ2v) is 5.81. The number of cyclic esters (lactones) is 1. The Kier molecular flexibility index (Phi) is 2.61. The van der Waals surface area contributed by atoms with Crippen LogP contribution in [0.25, 0.3) is 0 Å². The van der Waals surface area contributed by atoms with Gasteiger partial charge in [0, 0.05) is 11.5 Å². The van der Waals surface area contributed by atoms with E-state index in [9.17, 15) is 4.79 Å². The maximum atomic E-state index is 11.7. The van der Waals surface area contributed by atoms with Gasteiger partial charge in [-0.2, -0.15) is 0 Å². The van der Waals surface area contributed by atoms with Gasteiger partial charge in [0.15, 0.2) is 0 Å². The minimum Gasteiger partial charge on any atom is -0.462 e. The first-order chi connectivity index (χ1) is 8.18. The van der Waals surface area contributed by atoms with Gasteiger partial charge in [-0.15, -0.1) is 0 Å². The van der Waals surface area contributed by atoms with Crippen molar-refractivity contribution in [3.63, 3.8) is 0 Å². The number of esters is 1. The zero-order valence-corrected chi connectivity index (χ0v) is 10.4. The normalized spacial score (nSPS) is 40.1. The standard InChI is InChI=1S/C15H20O2/c1-9(2)11-7-6-10-4-3-5-12-13(14(10)11)8-17-15(12)16/h5,10-11,13-14H,1,3-4,6-8H2,2H3/t10-,11-,13-,14+/m0/s1. The van der Waals surface area contributed by atoms with Crippen molar-refractivity contribution in [1.82, 2.24) is 0 Å². The van der Waals surface area contributed by atoms with Gasteiger partial charge in [-0.3, -0.25) is 0 Å². The highest BCUT2D eigenvalue weighted by atomic mass is 16.5. The van der Waals surface area contributed by atoms with Gasteiger partial charge in [-0.1, -0.05) is 18.2 Å². The molecule has 0 bridgehead atoms. The van der Waals surface area contributed by atoms with Gasteiger partial charge in [-0.25, -0.2) is 4.79 Å². The van der Waals surface area contributed by atoms with Crippen LogP contribution in [0.15, 0.2) is 23.8 Å². The van der Waals surface area contributed by atoms with Crippen molar-refractivity contribution < 1.29 is 9.53 Å². The van der Waals surface area contributed by atoms with Crippen LogP contribution in [-0.4, -0.2) is 12.6 Å². The molecule has 1 saturated carbocycles. The summed E-state index contributed by atoms with van der Waals surface area (Å²) in [6, 6.07) is 0. The van der Waals surface area contributed by atoms with Crippen LogP contribution in [0.2, 0.25) is 0 Å². The van der Waals surface area contributed by atoms with E-state index in [2.05, 4.69) is 19.6 Å². The van der Waals surface area contributed by atoms with Crippen LogP contribution in [-0.2, 0) is 9.53 Å². The minimum atomic E-state index is -0.0667. The van der Waals surface area contributed by atoms with Gasteiger partial charge in [0.2, 0.25) is 0 Å². The van der Waals surface area contributed by atoms with Crippen molar-refractivity contribution >= 4 is 5.97 Å². The molecule has 3 rings (SSSR count). The van der Waals surface area contributed by atoms with Gasteiger partial charge in [0.05, 0.1) is 6.61 Å². The Morgan fingerprint density at radius 3 is 3.00 bits per heavy atom. The summed E-state index contributed by atoms with van der Waals surface area (Å²) in [6.45, 7) is 6.89. The first-order valence-corrected chi connectivity index (χ1v) is 6.71. The van der Waals surface area contributed by atoms with Crippen LogP contribution in [0.1, 0.15) is 32.6 Å². The molecule has 17 heavy (non-hydrogen) atoms. The highest BCUT2D eigenvalue weighted by Crippen LogP contribution is 2.51. The fourth-order valence-electron chi connectivity index (χ4n) is 4.12. The first-order valence-electron chi connectivity index (χ1n) is 6.71. The summed E-state index contributed by atoms with van der Waals surface area (Å²) in [5.41, 5.74) is 2.25. The molecule has 1 saturated heterocycles. The van der Waals surface area contributed by atoms with E-state index in [0.29, 0.717) is 24.4 Å². The van der Waals surface area contributed by atoms with E-state index in [1.165, 1.54) is 24.8 Å². The van der Waals surface area contributed by atoms with Gasteiger partial charge >= 0.3 is 5.97 Å². The first kappa shape index (κ1) is 11.1. The third-order valence-corrected chi connectivity index (χ3v) is 4.89. The number of ether oxygens (including phenoxy) is 1. The molecule has 0 aromatic carbocycles. The Morgan fingerprint density at radius 2 is 2.24 bits per heavy atom. The molecule has 1 aliphatic heterocycles. The zero-order valence-electron chi connectivity index (χ0n) is 10.4. The Balaban J connectivity index is 1.95. The van der Waals surface area contributed by atoms with E-state index < -0.39 is 0 Å². The van der Waals surface area contributed by atoms with Crippen LogP contribution in [0.5, 0.6) is 0 Å². The maximum Gasteiger partial charge on any atom is 0.334 e. The molecule has 0 aromatic rings. The molecule has 0 amide bonds. The van der Waals surface area contributed by atoms with Crippen molar-refractivity contribution in [2.75, 3.05) is 6.61 Å². The minimum absolute atomic E-state index is 0.0667. The van der Waals surface area contributed by atoms with Crippen molar-refractivity contribution in [3.8, 4) is 0 Å². The molecule has 1 heterocycles. The quantitative estimate of drug-likeness (QED) is 0.513. The van der Waals surface area contributed by atoms with Crippen molar-refractivity contribution in [2.24, 2.45) is 23.7 Å². The zero-order chi connectivity index (χ0) is 12.0. The van der Waals surface area contributed by atoms with Gasteiger partial charge in [-0.05, 0) is 50.4 Å². The molecular weight excluding hydrogens is 212 g/mol. The van der Waals surface area contributed by atoms with Gasteiger partial charge in [0.25, 0.3) is 0 Å². The molecule has 0 N–H and O–H groups in total. The molecule has 0 radical (unpaired) electrons. The van der Waals surface area contributed by atoms with Crippen LogP contribution in [0.4, 0.5) is 0 Å². The summed E-state index contributed by atoms with van der Waals surface area (Å²) < 4.78 is 5.25. The van der Waals surface area contributed by atoms with Crippen LogP contribution >= 0.6 is 0 Å². The van der Waals surface area contributed by atoms with Gasteiger partial charge < -0.3 is 4.74 Å². The molecule has 92 valence electrons. The van der Waals surface area contributed by atoms with E-state index in [1.807, 2.05) is 0 Å². The molecule has 4 atom stereocenters. The Hall–Kier alpha value is -1.05. The lowest BCUT2D eigenvalue weighted by Crippen LogP contribution is -2.25. The highest BCUT2D eigenvalue weighted by molar-refractivity contribution is 5.91. The number of hydrogen-bond acceptors (Lipinski definition) is 2. The Bertz CT molecular complexity index is 394. The van der Waals surface area contributed by atoms with E-state index >= 15 is 0 Å². The summed E-state index contributed by atoms with van der Waals surface area (Å²) >= 11 is 0. The number of hydrogen-bond donors (Lipinski definition) is 0. The molecule has 0 spiro atoms. The number of carbonyl (C=O) groups excluding carboxylic acids is 1. The Morgan fingerprint density at radius 1 is 1.41 bits per heavy atom.